The molecule has 0 spiro atoms. The molecular weight excluding hydrogens is 337 g/mol. The van der Waals surface area contributed by atoms with E-state index in [4.69, 9.17) is 10.3 Å². The van der Waals surface area contributed by atoms with Crippen LogP contribution in [-0.2, 0) is 5.54 Å². The average Bonchev–Trinajstić information content (AvgIpc) is 2.91. The molecule has 0 aliphatic heterocycles. The molecule has 21 heavy (non-hydrogen) atoms. The first kappa shape index (κ1) is 14.7. The number of rotatable bonds is 2. The Labute approximate surface area is 131 Å². The zero-order valence-electron chi connectivity index (χ0n) is 11.8. The third-order valence-electron chi connectivity index (χ3n) is 4.06. The van der Waals surface area contributed by atoms with Crippen LogP contribution in [-0.4, -0.2) is 10.1 Å². The third kappa shape index (κ3) is 2.87. The predicted molar refractivity (Wildman–Crippen MR) is 80.9 cm³/mol. The topological polar surface area (TPSA) is 64.9 Å². The molecule has 0 bridgehead atoms. The maximum Gasteiger partial charge on any atom is 0.261 e. The lowest BCUT2D eigenvalue weighted by Crippen LogP contribution is -2.42. The summed E-state index contributed by atoms with van der Waals surface area (Å²) in [6, 6.07) is 4.62. The van der Waals surface area contributed by atoms with Crippen molar-refractivity contribution < 1.29 is 8.91 Å². The Balaban J connectivity index is 1.94. The van der Waals surface area contributed by atoms with E-state index in [0.29, 0.717) is 11.7 Å². The molecule has 1 aromatic heterocycles. The van der Waals surface area contributed by atoms with Gasteiger partial charge >= 0.3 is 0 Å². The van der Waals surface area contributed by atoms with Crippen LogP contribution in [0.3, 0.4) is 0 Å². The Hall–Kier alpha value is -1.27. The maximum atomic E-state index is 13.9. The van der Waals surface area contributed by atoms with Crippen LogP contribution < -0.4 is 5.73 Å². The zero-order valence-corrected chi connectivity index (χ0v) is 13.4. The van der Waals surface area contributed by atoms with Crippen molar-refractivity contribution in [2.75, 3.05) is 0 Å². The lowest BCUT2D eigenvalue weighted by molar-refractivity contribution is 0.222. The van der Waals surface area contributed by atoms with Crippen LogP contribution >= 0.6 is 15.9 Å². The van der Waals surface area contributed by atoms with Gasteiger partial charge in [0, 0.05) is 4.47 Å². The molecule has 1 fully saturated rings. The van der Waals surface area contributed by atoms with Gasteiger partial charge in [-0.15, -0.1) is 0 Å². The summed E-state index contributed by atoms with van der Waals surface area (Å²) in [5.74, 6) is 0.792. The van der Waals surface area contributed by atoms with E-state index in [1.807, 2.05) is 0 Å². The maximum absolute atomic E-state index is 13.9. The summed E-state index contributed by atoms with van der Waals surface area (Å²) >= 11 is 3.31. The van der Waals surface area contributed by atoms with Gasteiger partial charge in [-0.25, -0.2) is 4.39 Å². The highest BCUT2D eigenvalue weighted by Crippen LogP contribution is 2.37. The minimum Gasteiger partial charge on any atom is -0.334 e. The lowest BCUT2D eigenvalue weighted by Gasteiger charge is -2.33. The summed E-state index contributed by atoms with van der Waals surface area (Å²) in [4.78, 5) is 4.35. The molecule has 0 radical (unpaired) electrons. The summed E-state index contributed by atoms with van der Waals surface area (Å²) in [7, 11) is 0. The molecule has 1 heterocycles. The molecule has 1 saturated carbocycles. The van der Waals surface area contributed by atoms with Crippen LogP contribution in [0.15, 0.2) is 27.2 Å². The van der Waals surface area contributed by atoms with Crippen LogP contribution in [0.1, 0.15) is 38.4 Å². The van der Waals surface area contributed by atoms with Crippen LogP contribution in [0.4, 0.5) is 4.39 Å². The minimum atomic E-state index is -0.568. The number of halogens is 2. The second-order valence-electron chi connectivity index (χ2n) is 5.90. The van der Waals surface area contributed by atoms with Gasteiger partial charge in [-0.05, 0) is 37.0 Å². The van der Waals surface area contributed by atoms with E-state index < -0.39 is 11.4 Å². The highest BCUT2D eigenvalue weighted by molar-refractivity contribution is 9.10. The van der Waals surface area contributed by atoms with Crippen molar-refractivity contribution in [3.8, 4) is 11.5 Å². The van der Waals surface area contributed by atoms with Gasteiger partial charge in [0.15, 0.2) is 5.82 Å². The van der Waals surface area contributed by atoms with E-state index >= 15 is 0 Å². The van der Waals surface area contributed by atoms with E-state index in [1.165, 1.54) is 12.5 Å². The molecule has 4 nitrogen and oxygen atoms in total. The number of hydrogen-bond acceptors (Lipinski definition) is 4. The Morgan fingerprint density at radius 1 is 1.48 bits per heavy atom. The van der Waals surface area contributed by atoms with E-state index in [9.17, 15) is 4.39 Å². The van der Waals surface area contributed by atoms with Crippen LogP contribution in [0.25, 0.3) is 11.5 Å². The highest BCUT2D eigenvalue weighted by atomic mass is 79.9. The average molecular weight is 354 g/mol. The molecule has 2 atom stereocenters. The normalized spacial score (nSPS) is 26.0. The van der Waals surface area contributed by atoms with Gasteiger partial charge in [-0.3, -0.25) is 0 Å². The number of nitrogens with two attached hydrogens (primary N) is 1. The summed E-state index contributed by atoms with van der Waals surface area (Å²) in [5.41, 5.74) is 6.16. The van der Waals surface area contributed by atoms with Crippen molar-refractivity contribution in [3.05, 3.63) is 34.3 Å². The van der Waals surface area contributed by atoms with Gasteiger partial charge in [0.25, 0.3) is 5.89 Å². The molecule has 2 unspecified atom stereocenters. The Morgan fingerprint density at radius 2 is 2.29 bits per heavy atom. The van der Waals surface area contributed by atoms with Crippen molar-refractivity contribution in [1.82, 2.24) is 10.1 Å². The van der Waals surface area contributed by atoms with E-state index in [0.717, 1.165) is 23.7 Å². The van der Waals surface area contributed by atoms with Crippen LogP contribution in [0, 0.1) is 11.7 Å². The lowest BCUT2D eigenvalue weighted by atomic mass is 9.76. The molecule has 112 valence electrons. The summed E-state index contributed by atoms with van der Waals surface area (Å²) in [5, 5.41) is 4.00. The molecule has 6 heteroatoms. The smallest absolute Gasteiger partial charge is 0.261 e. The largest absolute Gasteiger partial charge is 0.334 e. The fourth-order valence-electron chi connectivity index (χ4n) is 2.99. The van der Waals surface area contributed by atoms with Crippen molar-refractivity contribution >= 4 is 15.9 Å². The minimum absolute atomic E-state index is 0.173. The van der Waals surface area contributed by atoms with Gasteiger partial charge < -0.3 is 10.3 Å². The van der Waals surface area contributed by atoms with Crippen LogP contribution in [0.2, 0.25) is 0 Å². The molecule has 1 aliphatic rings. The molecular formula is C15H17BrFN3O. The van der Waals surface area contributed by atoms with E-state index in [2.05, 4.69) is 33.0 Å². The number of nitrogens with zero attached hydrogens (tertiary/aromatic N) is 2. The molecule has 1 aromatic carbocycles. The molecule has 0 amide bonds. The second-order valence-corrected chi connectivity index (χ2v) is 6.82. The quantitative estimate of drug-likeness (QED) is 0.885. The summed E-state index contributed by atoms with van der Waals surface area (Å²) in [6.07, 6.45) is 3.88. The number of benzene rings is 1. The second kappa shape index (κ2) is 5.50. The fraction of sp³-hybridized carbons (Fsp3) is 0.467. The molecule has 2 aromatic rings. The molecule has 2 N–H and O–H groups in total. The van der Waals surface area contributed by atoms with Crippen molar-refractivity contribution in [1.29, 1.82) is 0 Å². The van der Waals surface area contributed by atoms with Gasteiger partial charge in [0.1, 0.15) is 5.82 Å². The molecule has 3 rings (SSSR count). The zero-order chi connectivity index (χ0) is 15.0. The van der Waals surface area contributed by atoms with Gasteiger partial charge in [-0.2, -0.15) is 4.98 Å². The molecule has 0 saturated heterocycles. The molecule has 1 aliphatic carbocycles. The summed E-state index contributed by atoms with van der Waals surface area (Å²) in [6.45, 7) is 2.18. The number of hydrogen-bond donors (Lipinski definition) is 1. The number of aromatic nitrogens is 2. The fourth-order valence-corrected chi connectivity index (χ4v) is 3.35. The van der Waals surface area contributed by atoms with E-state index in [-0.39, 0.29) is 11.5 Å². The van der Waals surface area contributed by atoms with Crippen molar-refractivity contribution in [2.45, 2.75) is 38.1 Å². The summed E-state index contributed by atoms with van der Waals surface area (Å²) < 4.78 is 19.9. The van der Waals surface area contributed by atoms with E-state index in [1.54, 1.807) is 12.1 Å². The van der Waals surface area contributed by atoms with Gasteiger partial charge in [0.2, 0.25) is 0 Å². The van der Waals surface area contributed by atoms with Crippen molar-refractivity contribution in [3.63, 3.8) is 0 Å². The van der Waals surface area contributed by atoms with Gasteiger partial charge in [-0.1, -0.05) is 40.9 Å². The third-order valence-corrected chi connectivity index (χ3v) is 4.56. The first-order chi connectivity index (χ1) is 9.98. The monoisotopic (exact) mass is 353 g/mol. The van der Waals surface area contributed by atoms with Gasteiger partial charge in [0.05, 0.1) is 11.1 Å². The standard InChI is InChI=1S/C15H17BrFN3O/c1-9-3-2-6-15(18,8-9)14-19-13(21-20-14)11-7-10(16)4-5-12(11)17/h4-5,7,9H,2-3,6,8,18H2,1H3. The highest BCUT2D eigenvalue weighted by Gasteiger charge is 2.37. The SMILES string of the molecule is CC1CCCC(N)(c2noc(-c3cc(Br)ccc3F)n2)C1. The first-order valence-corrected chi connectivity index (χ1v) is 7.86. The Morgan fingerprint density at radius 3 is 3.05 bits per heavy atom. The predicted octanol–water partition coefficient (Wildman–Crippen LogP) is 4.00. The Kier molecular flexibility index (Phi) is 3.84. The Bertz CT molecular complexity index is 660. The first-order valence-electron chi connectivity index (χ1n) is 7.06. The van der Waals surface area contributed by atoms with Crippen LogP contribution in [0.5, 0.6) is 0 Å². The van der Waals surface area contributed by atoms with Crippen molar-refractivity contribution in [2.24, 2.45) is 11.7 Å².